The lowest BCUT2D eigenvalue weighted by atomic mass is 10.2. The second-order valence-electron chi connectivity index (χ2n) is 4.07. The van der Waals surface area contributed by atoms with Crippen LogP contribution in [0.4, 0.5) is 4.39 Å². The number of amides is 1. The summed E-state index contributed by atoms with van der Waals surface area (Å²) in [6, 6.07) is 6.06. The smallest absolute Gasteiger partial charge is 0.232 e. The van der Waals surface area contributed by atoms with Gasteiger partial charge in [0.15, 0.2) is 0 Å². The van der Waals surface area contributed by atoms with Crippen LogP contribution >= 0.6 is 11.8 Å². The van der Waals surface area contributed by atoms with Crippen LogP contribution in [0.25, 0.3) is 0 Å². The van der Waals surface area contributed by atoms with Crippen LogP contribution in [-0.2, 0) is 16.1 Å². The van der Waals surface area contributed by atoms with Crippen molar-refractivity contribution in [3.8, 4) is 0 Å². The van der Waals surface area contributed by atoms with Crippen LogP contribution in [-0.4, -0.2) is 35.1 Å². The van der Waals surface area contributed by atoms with Gasteiger partial charge >= 0.3 is 0 Å². The van der Waals surface area contributed by atoms with Gasteiger partial charge in [-0.15, -0.1) is 11.8 Å². The Labute approximate surface area is 110 Å². The molecular weight excluding hydrogens is 253 g/mol. The van der Waals surface area contributed by atoms with E-state index in [-0.39, 0.29) is 23.3 Å². The highest BCUT2D eigenvalue weighted by atomic mass is 32.2. The number of ketones is 1. The zero-order chi connectivity index (χ0) is 13.5. The molecule has 1 aromatic carbocycles. The summed E-state index contributed by atoms with van der Waals surface area (Å²) >= 11 is 1.31. The molecule has 18 heavy (non-hydrogen) atoms. The maximum absolute atomic E-state index is 12.7. The van der Waals surface area contributed by atoms with Gasteiger partial charge in [0.1, 0.15) is 11.6 Å². The first-order valence-corrected chi connectivity index (χ1v) is 6.70. The Kier molecular flexibility index (Phi) is 5.85. The normalized spacial score (nSPS) is 10.2. The predicted octanol–water partition coefficient (Wildman–Crippen LogP) is 2.11. The number of carbonyl (C=O) groups excluding carboxylic acids is 2. The summed E-state index contributed by atoms with van der Waals surface area (Å²) in [6.07, 6.45) is 0. The number of hydrogen-bond acceptors (Lipinski definition) is 3. The fourth-order valence-corrected chi connectivity index (χ4v) is 2.13. The molecule has 3 nitrogen and oxygen atoms in total. The van der Waals surface area contributed by atoms with Gasteiger partial charge in [0, 0.05) is 13.6 Å². The third-order valence-corrected chi connectivity index (χ3v) is 3.35. The summed E-state index contributed by atoms with van der Waals surface area (Å²) in [5.41, 5.74) is 0.879. The van der Waals surface area contributed by atoms with Gasteiger partial charge in [0.2, 0.25) is 5.91 Å². The minimum atomic E-state index is -0.287. The number of nitrogens with zero attached hydrogens (tertiary/aromatic N) is 1. The molecule has 1 aromatic rings. The average molecular weight is 269 g/mol. The zero-order valence-electron chi connectivity index (χ0n) is 10.5. The van der Waals surface area contributed by atoms with Gasteiger partial charge in [-0.05, 0) is 24.6 Å². The SMILES string of the molecule is CC(=O)CSCC(=O)N(C)Cc1ccc(F)cc1. The van der Waals surface area contributed by atoms with Crippen molar-refractivity contribution in [1.82, 2.24) is 4.90 Å². The van der Waals surface area contributed by atoms with Crippen molar-refractivity contribution in [2.24, 2.45) is 0 Å². The Morgan fingerprint density at radius 3 is 2.39 bits per heavy atom. The minimum absolute atomic E-state index is 0.0365. The number of benzene rings is 1. The molecule has 0 aromatic heterocycles. The van der Waals surface area contributed by atoms with Gasteiger partial charge in [0.25, 0.3) is 0 Å². The molecule has 0 spiro atoms. The van der Waals surface area contributed by atoms with Crippen molar-refractivity contribution < 1.29 is 14.0 Å². The zero-order valence-corrected chi connectivity index (χ0v) is 11.3. The van der Waals surface area contributed by atoms with Crippen molar-refractivity contribution in [3.05, 3.63) is 35.6 Å². The molecule has 1 amide bonds. The van der Waals surface area contributed by atoms with Crippen LogP contribution in [0, 0.1) is 5.82 Å². The first-order valence-electron chi connectivity index (χ1n) is 5.54. The summed E-state index contributed by atoms with van der Waals surface area (Å²) in [5.74, 6) is 0.386. The van der Waals surface area contributed by atoms with E-state index >= 15 is 0 Å². The molecule has 0 fully saturated rings. The third-order valence-electron chi connectivity index (χ3n) is 2.29. The molecule has 0 saturated carbocycles. The standard InChI is InChI=1S/C13H16FNO2S/c1-10(16)8-18-9-13(17)15(2)7-11-3-5-12(14)6-4-11/h3-6H,7-9H2,1-2H3. The Hall–Kier alpha value is -1.36. The molecule has 0 saturated heterocycles. The molecule has 0 radical (unpaired) electrons. The number of Topliss-reactive ketones (excluding diaryl/α,β-unsaturated/α-hetero) is 1. The van der Waals surface area contributed by atoms with E-state index < -0.39 is 0 Å². The van der Waals surface area contributed by atoms with Crippen molar-refractivity contribution in [2.45, 2.75) is 13.5 Å². The molecule has 0 aliphatic heterocycles. The molecular formula is C13H16FNO2S. The first-order chi connectivity index (χ1) is 8.49. The van der Waals surface area contributed by atoms with Crippen molar-refractivity contribution in [3.63, 3.8) is 0 Å². The summed E-state index contributed by atoms with van der Waals surface area (Å²) in [6.45, 7) is 1.94. The largest absolute Gasteiger partial charge is 0.341 e. The van der Waals surface area contributed by atoms with Crippen LogP contribution < -0.4 is 0 Å². The van der Waals surface area contributed by atoms with E-state index in [0.717, 1.165) is 5.56 Å². The molecule has 5 heteroatoms. The van der Waals surface area contributed by atoms with E-state index in [4.69, 9.17) is 0 Å². The van der Waals surface area contributed by atoms with Gasteiger partial charge in [-0.2, -0.15) is 0 Å². The van der Waals surface area contributed by atoms with Crippen LogP contribution in [0.5, 0.6) is 0 Å². The number of halogens is 1. The second kappa shape index (κ2) is 7.16. The minimum Gasteiger partial charge on any atom is -0.341 e. The van der Waals surface area contributed by atoms with Gasteiger partial charge in [0.05, 0.1) is 11.5 Å². The number of thioether (sulfide) groups is 1. The number of hydrogen-bond donors (Lipinski definition) is 0. The highest BCUT2D eigenvalue weighted by Crippen LogP contribution is 2.08. The van der Waals surface area contributed by atoms with E-state index in [0.29, 0.717) is 12.3 Å². The molecule has 0 bridgehead atoms. The lowest BCUT2D eigenvalue weighted by Gasteiger charge is -2.16. The van der Waals surface area contributed by atoms with Gasteiger partial charge < -0.3 is 4.90 Å². The maximum Gasteiger partial charge on any atom is 0.232 e. The average Bonchev–Trinajstić information content (AvgIpc) is 2.31. The molecule has 0 unspecified atom stereocenters. The highest BCUT2D eigenvalue weighted by molar-refractivity contribution is 8.00. The van der Waals surface area contributed by atoms with Crippen molar-refractivity contribution >= 4 is 23.5 Å². The molecule has 0 aliphatic carbocycles. The van der Waals surface area contributed by atoms with Crippen LogP contribution in [0.2, 0.25) is 0 Å². The lowest BCUT2D eigenvalue weighted by Crippen LogP contribution is -2.28. The van der Waals surface area contributed by atoms with Crippen molar-refractivity contribution in [1.29, 1.82) is 0 Å². The Morgan fingerprint density at radius 1 is 1.22 bits per heavy atom. The van der Waals surface area contributed by atoms with Crippen LogP contribution in [0.15, 0.2) is 24.3 Å². The topological polar surface area (TPSA) is 37.4 Å². The highest BCUT2D eigenvalue weighted by Gasteiger charge is 2.09. The van der Waals surface area contributed by atoms with E-state index in [2.05, 4.69) is 0 Å². The lowest BCUT2D eigenvalue weighted by molar-refractivity contribution is -0.127. The summed E-state index contributed by atoms with van der Waals surface area (Å²) in [7, 11) is 1.69. The third kappa shape index (κ3) is 5.31. The van der Waals surface area contributed by atoms with Crippen LogP contribution in [0.1, 0.15) is 12.5 Å². The van der Waals surface area contributed by atoms with Gasteiger partial charge in [-0.1, -0.05) is 12.1 Å². The Bertz CT molecular complexity index is 420. The van der Waals surface area contributed by atoms with E-state index in [1.807, 2.05) is 0 Å². The van der Waals surface area contributed by atoms with E-state index in [9.17, 15) is 14.0 Å². The fourth-order valence-electron chi connectivity index (χ4n) is 1.34. The summed E-state index contributed by atoms with van der Waals surface area (Å²) < 4.78 is 12.7. The second-order valence-corrected chi connectivity index (χ2v) is 5.06. The van der Waals surface area contributed by atoms with Gasteiger partial charge in [-0.3, -0.25) is 9.59 Å². The Balaban J connectivity index is 2.39. The Morgan fingerprint density at radius 2 is 1.83 bits per heavy atom. The van der Waals surface area contributed by atoms with E-state index in [1.54, 1.807) is 24.1 Å². The molecule has 0 aliphatic rings. The molecule has 0 N–H and O–H groups in total. The molecule has 98 valence electrons. The van der Waals surface area contributed by atoms with E-state index in [1.165, 1.54) is 30.8 Å². The van der Waals surface area contributed by atoms with Crippen molar-refractivity contribution in [2.75, 3.05) is 18.6 Å². The van der Waals surface area contributed by atoms with Crippen LogP contribution in [0.3, 0.4) is 0 Å². The summed E-state index contributed by atoms with van der Waals surface area (Å²) in [5, 5.41) is 0. The molecule has 0 atom stereocenters. The first kappa shape index (κ1) is 14.7. The number of carbonyl (C=O) groups is 2. The fraction of sp³-hybridized carbons (Fsp3) is 0.385. The quantitative estimate of drug-likeness (QED) is 0.793. The van der Waals surface area contributed by atoms with Gasteiger partial charge in [-0.25, -0.2) is 4.39 Å². The number of rotatable bonds is 6. The molecule has 0 heterocycles. The predicted molar refractivity (Wildman–Crippen MR) is 70.9 cm³/mol. The monoisotopic (exact) mass is 269 g/mol. The summed E-state index contributed by atoms with van der Waals surface area (Å²) in [4.78, 5) is 24.0. The molecule has 1 rings (SSSR count). The maximum atomic E-state index is 12.7.